The van der Waals surface area contributed by atoms with Gasteiger partial charge in [0.15, 0.2) is 0 Å². The van der Waals surface area contributed by atoms with Gasteiger partial charge in [-0.3, -0.25) is 5.84 Å². The highest BCUT2D eigenvalue weighted by Gasteiger charge is 2.24. The molecule has 0 radical (unpaired) electrons. The molecule has 1 heterocycles. The molecule has 0 aliphatic carbocycles. The molecular formula is C12H11BrF2N2S. The third-order valence-electron chi connectivity index (χ3n) is 2.70. The van der Waals surface area contributed by atoms with Gasteiger partial charge in [0, 0.05) is 10.4 Å². The summed E-state index contributed by atoms with van der Waals surface area (Å²) in [6.07, 6.45) is 0. The molecule has 0 fully saturated rings. The van der Waals surface area contributed by atoms with Gasteiger partial charge < -0.3 is 0 Å². The van der Waals surface area contributed by atoms with Crippen molar-refractivity contribution in [2.75, 3.05) is 0 Å². The lowest BCUT2D eigenvalue weighted by atomic mass is 10.0. The molecule has 2 nitrogen and oxygen atoms in total. The van der Waals surface area contributed by atoms with Gasteiger partial charge >= 0.3 is 0 Å². The zero-order chi connectivity index (χ0) is 13.3. The van der Waals surface area contributed by atoms with Crippen LogP contribution in [0.4, 0.5) is 8.78 Å². The third-order valence-corrected chi connectivity index (χ3v) is 4.39. The van der Waals surface area contributed by atoms with Crippen LogP contribution < -0.4 is 11.3 Å². The second-order valence-corrected chi connectivity index (χ2v) is 5.63. The molecule has 2 rings (SSSR count). The summed E-state index contributed by atoms with van der Waals surface area (Å²) >= 11 is 4.46. The van der Waals surface area contributed by atoms with Crippen molar-refractivity contribution < 1.29 is 8.78 Å². The van der Waals surface area contributed by atoms with Crippen LogP contribution in [0.3, 0.4) is 0 Å². The molecule has 2 aromatic rings. The number of hydrogen-bond donors (Lipinski definition) is 2. The zero-order valence-corrected chi connectivity index (χ0v) is 11.9. The summed E-state index contributed by atoms with van der Waals surface area (Å²) < 4.78 is 28.1. The Bertz CT molecular complexity index is 571. The maximum Gasteiger partial charge on any atom is 0.145 e. The van der Waals surface area contributed by atoms with Crippen molar-refractivity contribution in [2.45, 2.75) is 13.0 Å². The minimum Gasteiger partial charge on any atom is -0.271 e. The molecule has 0 spiro atoms. The van der Waals surface area contributed by atoms with Gasteiger partial charge in [0.2, 0.25) is 0 Å². The van der Waals surface area contributed by atoms with E-state index in [1.165, 1.54) is 23.5 Å². The first-order valence-corrected chi connectivity index (χ1v) is 6.87. The predicted molar refractivity (Wildman–Crippen MR) is 72.3 cm³/mol. The Morgan fingerprint density at radius 2 is 2.06 bits per heavy atom. The normalized spacial score (nSPS) is 12.7. The maximum atomic E-state index is 14.0. The number of hydrogen-bond acceptors (Lipinski definition) is 3. The number of benzene rings is 1. The average Bonchev–Trinajstić information content (AvgIpc) is 2.76. The summed E-state index contributed by atoms with van der Waals surface area (Å²) in [4.78, 5) is 0.799. The van der Waals surface area contributed by atoms with Gasteiger partial charge in [0.25, 0.3) is 0 Å². The first-order valence-electron chi connectivity index (χ1n) is 5.19. The minimum absolute atomic E-state index is 0.0718. The SMILES string of the molecule is Cc1ccsc1C(NN)c1c(F)ccc(Br)c1F. The average molecular weight is 333 g/mol. The fourth-order valence-electron chi connectivity index (χ4n) is 1.78. The number of nitrogens with one attached hydrogen (secondary N) is 1. The van der Waals surface area contributed by atoms with E-state index in [1.54, 1.807) is 0 Å². The summed E-state index contributed by atoms with van der Waals surface area (Å²) in [7, 11) is 0. The van der Waals surface area contributed by atoms with E-state index in [0.717, 1.165) is 10.4 Å². The molecule has 0 saturated heterocycles. The molecule has 0 aliphatic heterocycles. The van der Waals surface area contributed by atoms with Crippen LogP contribution in [0, 0.1) is 18.6 Å². The van der Waals surface area contributed by atoms with Crippen LogP contribution in [0.2, 0.25) is 0 Å². The second kappa shape index (κ2) is 5.44. The van der Waals surface area contributed by atoms with E-state index in [4.69, 9.17) is 5.84 Å². The van der Waals surface area contributed by atoms with Crippen molar-refractivity contribution in [3.63, 3.8) is 0 Å². The van der Waals surface area contributed by atoms with E-state index >= 15 is 0 Å². The molecule has 3 N–H and O–H groups in total. The molecule has 1 aromatic carbocycles. The van der Waals surface area contributed by atoms with E-state index in [0.29, 0.717) is 0 Å². The molecule has 0 aliphatic rings. The van der Waals surface area contributed by atoms with E-state index < -0.39 is 17.7 Å². The monoisotopic (exact) mass is 332 g/mol. The standard InChI is InChI=1S/C12H11BrF2N2S/c1-6-4-5-18-12(6)11(17-16)9-8(14)3-2-7(13)10(9)15/h2-5,11,17H,16H2,1H3. The number of thiophene rings is 1. The van der Waals surface area contributed by atoms with Gasteiger partial charge in [-0.15, -0.1) is 11.3 Å². The third kappa shape index (κ3) is 2.33. The highest BCUT2D eigenvalue weighted by Crippen LogP contribution is 2.34. The first-order chi connectivity index (χ1) is 8.56. The van der Waals surface area contributed by atoms with Gasteiger partial charge in [-0.25, -0.2) is 14.2 Å². The summed E-state index contributed by atoms with van der Waals surface area (Å²) in [6, 6.07) is 3.75. The summed E-state index contributed by atoms with van der Waals surface area (Å²) in [5.74, 6) is 4.21. The molecule has 18 heavy (non-hydrogen) atoms. The topological polar surface area (TPSA) is 38.0 Å². The molecule has 6 heteroatoms. The fourth-order valence-corrected chi connectivity index (χ4v) is 3.12. The van der Waals surface area contributed by atoms with Gasteiger partial charge in [0.1, 0.15) is 11.6 Å². The van der Waals surface area contributed by atoms with Crippen LogP contribution in [-0.4, -0.2) is 0 Å². The Labute approximate surface area is 116 Å². The van der Waals surface area contributed by atoms with E-state index in [9.17, 15) is 8.78 Å². The second-order valence-electron chi connectivity index (χ2n) is 3.82. The lowest BCUT2D eigenvalue weighted by Gasteiger charge is -2.18. The van der Waals surface area contributed by atoms with Gasteiger partial charge in [0.05, 0.1) is 10.5 Å². The van der Waals surface area contributed by atoms with Crippen LogP contribution in [-0.2, 0) is 0 Å². The van der Waals surface area contributed by atoms with Crippen molar-refractivity contribution in [1.29, 1.82) is 0 Å². The largest absolute Gasteiger partial charge is 0.271 e. The van der Waals surface area contributed by atoms with Crippen LogP contribution in [0.5, 0.6) is 0 Å². The Hall–Kier alpha value is -0.820. The van der Waals surface area contributed by atoms with Crippen LogP contribution >= 0.6 is 27.3 Å². The number of aryl methyl sites for hydroxylation is 1. The number of rotatable bonds is 3. The van der Waals surface area contributed by atoms with Crippen molar-refractivity contribution in [3.05, 3.63) is 55.7 Å². The number of hydrazine groups is 1. The van der Waals surface area contributed by atoms with Crippen molar-refractivity contribution >= 4 is 27.3 Å². The lowest BCUT2D eigenvalue weighted by Crippen LogP contribution is -2.30. The minimum atomic E-state index is -0.692. The molecular weight excluding hydrogens is 322 g/mol. The Balaban J connectivity index is 2.59. The van der Waals surface area contributed by atoms with Crippen LogP contribution in [0.25, 0.3) is 0 Å². The number of halogens is 3. The quantitative estimate of drug-likeness (QED) is 0.511. The van der Waals surface area contributed by atoms with Gasteiger partial charge in [-0.05, 0) is 52.0 Å². The van der Waals surface area contributed by atoms with Crippen molar-refractivity contribution in [1.82, 2.24) is 5.43 Å². The predicted octanol–water partition coefficient (Wildman–Crippen LogP) is 3.65. The van der Waals surface area contributed by atoms with Crippen molar-refractivity contribution in [2.24, 2.45) is 5.84 Å². The summed E-state index contributed by atoms with van der Waals surface area (Å²) in [5, 5.41) is 1.86. The van der Waals surface area contributed by atoms with Gasteiger partial charge in [-0.2, -0.15) is 0 Å². The van der Waals surface area contributed by atoms with E-state index in [-0.39, 0.29) is 10.0 Å². The molecule has 1 aromatic heterocycles. The zero-order valence-electron chi connectivity index (χ0n) is 9.51. The molecule has 0 amide bonds. The molecule has 96 valence electrons. The van der Waals surface area contributed by atoms with Crippen molar-refractivity contribution in [3.8, 4) is 0 Å². The summed E-state index contributed by atoms with van der Waals surface area (Å²) in [6.45, 7) is 1.88. The first kappa shape index (κ1) is 13.6. The Kier molecular flexibility index (Phi) is 4.11. The fraction of sp³-hybridized carbons (Fsp3) is 0.167. The highest BCUT2D eigenvalue weighted by atomic mass is 79.9. The van der Waals surface area contributed by atoms with Gasteiger partial charge in [-0.1, -0.05) is 0 Å². The summed E-state index contributed by atoms with van der Waals surface area (Å²) in [5.41, 5.74) is 3.35. The molecule has 1 atom stereocenters. The Morgan fingerprint density at radius 3 is 2.61 bits per heavy atom. The van der Waals surface area contributed by atoms with Crippen LogP contribution in [0.1, 0.15) is 22.0 Å². The maximum absolute atomic E-state index is 14.0. The Morgan fingerprint density at radius 1 is 1.33 bits per heavy atom. The van der Waals surface area contributed by atoms with E-state index in [2.05, 4.69) is 21.4 Å². The highest BCUT2D eigenvalue weighted by molar-refractivity contribution is 9.10. The van der Waals surface area contributed by atoms with E-state index in [1.807, 2.05) is 18.4 Å². The van der Waals surface area contributed by atoms with Crippen LogP contribution in [0.15, 0.2) is 28.1 Å². The number of nitrogens with two attached hydrogens (primary N) is 1. The smallest absolute Gasteiger partial charge is 0.145 e. The molecule has 0 bridgehead atoms. The molecule has 1 unspecified atom stereocenters. The molecule has 0 saturated carbocycles. The lowest BCUT2D eigenvalue weighted by molar-refractivity contribution is 0.510.